The van der Waals surface area contributed by atoms with Crippen molar-refractivity contribution >= 4 is 33.5 Å². The maximum atomic E-state index is 10.7. The Morgan fingerprint density at radius 2 is 0.763 bits per heavy atom. The zero-order valence-corrected chi connectivity index (χ0v) is 65.0. The van der Waals surface area contributed by atoms with Crippen molar-refractivity contribution in [3.05, 3.63) is 199 Å². The van der Waals surface area contributed by atoms with Crippen molar-refractivity contribution in [1.82, 2.24) is 19.5 Å². The van der Waals surface area contributed by atoms with Crippen molar-refractivity contribution in [2.75, 3.05) is 0 Å². The van der Waals surface area contributed by atoms with Crippen molar-refractivity contribution < 1.29 is 0 Å². The first-order chi connectivity index (χ1) is 44.2. The molecular formula is C89H114N8. The Bertz CT molecular complexity index is 4380. The van der Waals surface area contributed by atoms with Gasteiger partial charge in [-0.15, -0.1) is 0 Å². The largest absolute Gasteiger partial charge is 0.383 e. The number of aliphatic imine (C=N–C) groups is 2. The van der Waals surface area contributed by atoms with Crippen LogP contribution >= 0.6 is 0 Å². The highest BCUT2D eigenvalue weighted by Gasteiger charge is 2.36. The molecule has 0 saturated carbocycles. The fraction of sp³-hybridized carbons (Fsp3) is 0.461. The Morgan fingerprint density at radius 3 is 1.15 bits per heavy atom. The average Bonchev–Trinajstić information content (AvgIpc) is 1.72. The fourth-order valence-corrected chi connectivity index (χ4v) is 12.9. The number of nitrogens with two attached hydrogens (primary N) is 1. The van der Waals surface area contributed by atoms with Gasteiger partial charge in [-0.25, -0.2) is 19.9 Å². The van der Waals surface area contributed by atoms with E-state index in [2.05, 4.69) is 328 Å². The zero-order chi connectivity index (χ0) is 72.3. The standard InChI is InChI=1S/C89H114N8/c1-80(2,3)58-40-55(41-59(45-58)81(4,5)6)75(91)93-76(56-42-60(82(7,8)9)46-61(43-56)83(10,11)12)92-52-57-39-53(51-90)35-37-70(57)97-71-34-32-31-33-64(71)65-44-54(36-38-72(65)97)77-94-78(73-66(86(19,20)21)47-62(84(13,14)15)48-67(73)87(22,23)24)96-79(95-77)74-68(88(25,26)27)49-63(85(16,17)18)50-69(74)89(28,29)30/h31-50H,52H2,1-30H3,(H2,91,92,93). The molecule has 9 aromatic rings. The lowest BCUT2D eigenvalue weighted by atomic mass is 9.71. The Hall–Kier alpha value is -8.02. The number of hydrogen-bond donors (Lipinski definition) is 1. The summed E-state index contributed by atoms with van der Waals surface area (Å²) in [5.41, 5.74) is 26.6. The number of amidine groups is 2. The van der Waals surface area contributed by atoms with Crippen molar-refractivity contribution in [1.29, 1.82) is 5.26 Å². The Kier molecular flexibility index (Phi) is 18.9. The first-order valence-electron chi connectivity index (χ1n) is 35.2. The number of rotatable bonds is 8. The average molecular weight is 1300 g/mol. The summed E-state index contributed by atoms with van der Waals surface area (Å²) < 4.78 is 2.33. The molecule has 2 heterocycles. The zero-order valence-electron chi connectivity index (χ0n) is 65.0. The second kappa shape index (κ2) is 25.1. The highest BCUT2D eigenvalue weighted by atomic mass is 15.0. The lowest BCUT2D eigenvalue weighted by Crippen LogP contribution is -2.24. The highest BCUT2D eigenvalue weighted by Crippen LogP contribution is 2.47. The van der Waals surface area contributed by atoms with Gasteiger partial charge >= 0.3 is 0 Å². The van der Waals surface area contributed by atoms with Gasteiger partial charge in [-0.05, 0) is 182 Å². The minimum atomic E-state index is -0.272. The molecule has 0 saturated heterocycles. The molecule has 2 N–H and O–H groups in total. The SMILES string of the molecule is CC(C)(C)c1cc(C(N)=NC(=NCc2cc(C#N)ccc2-n2c3ccccc3c3cc(-c4nc(-c5c(C(C)(C)C)cc(C(C)(C)C)cc5C(C)(C)C)nc(-c5c(C(C)(C)C)cc(C(C)(C)C)cc5C(C)(C)C)n4)ccc32)c2cc(C(C)(C)C)cc(C(C)(C)C)c2)cc(C(C)(C)C)c1. The summed E-state index contributed by atoms with van der Waals surface area (Å²) >= 11 is 0. The minimum absolute atomic E-state index is 0.107. The van der Waals surface area contributed by atoms with Crippen molar-refractivity contribution in [2.45, 2.75) is 268 Å². The molecule has 0 aliphatic carbocycles. The first-order valence-corrected chi connectivity index (χ1v) is 35.2. The Balaban J connectivity index is 1.34. The van der Waals surface area contributed by atoms with Gasteiger partial charge in [0.2, 0.25) is 0 Å². The van der Waals surface area contributed by atoms with E-state index in [4.69, 9.17) is 30.7 Å². The minimum Gasteiger partial charge on any atom is -0.383 e. The molecule has 8 nitrogen and oxygen atoms in total. The van der Waals surface area contributed by atoms with E-state index in [1.807, 2.05) is 12.1 Å². The lowest BCUT2D eigenvalue weighted by Gasteiger charge is -2.34. The molecule has 0 amide bonds. The highest BCUT2D eigenvalue weighted by molar-refractivity contribution is 6.12. The number of para-hydroxylation sites is 1. The van der Waals surface area contributed by atoms with Gasteiger partial charge in [-0.3, -0.25) is 4.99 Å². The van der Waals surface area contributed by atoms with Crippen LogP contribution in [0.5, 0.6) is 0 Å². The van der Waals surface area contributed by atoms with Gasteiger partial charge < -0.3 is 10.3 Å². The number of fused-ring (bicyclic) bond motifs is 3. The summed E-state index contributed by atoms with van der Waals surface area (Å²) in [5.74, 6) is 2.84. The molecule has 9 rings (SSSR count). The molecule has 510 valence electrons. The molecule has 0 aliphatic rings. The summed E-state index contributed by atoms with van der Waals surface area (Å²) in [7, 11) is 0. The maximum Gasteiger partial charge on any atom is 0.164 e. The van der Waals surface area contributed by atoms with Crippen LogP contribution in [0.3, 0.4) is 0 Å². The maximum absolute atomic E-state index is 10.7. The Morgan fingerprint density at radius 1 is 0.392 bits per heavy atom. The summed E-state index contributed by atoms with van der Waals surface area (Å²) in [6.45, 7) is 68.8. The summed E-state index contributed by atoms with van der Waals surface area (Å²) in [5, 5.41) is 12.8. The van der Waals surface area contributed by atoms with Crippen molar-refractivity contribution in [3.8, 4) is 45.9 Å². The molecule has 0 radical (unpaired) electrons. The van der Waals surface area contributed by atoms with Gasteiger partial charge in [0.25, 0.3) is 0 Å². The molecule has 0 unspecified atom stereocenters. The van der Waals surface area contributed by atoms with E-state index < -0.39 is 0 Å². The number of benzene rings is 7. The first kappa shape index (κ1) is 73.2. The van der Waals surface area contributed by atoms with E-state index >= 15 is 0 Å². The molecule has 0 aliphatic heterocycles. The van der Waals surface area contributed by atoms with E-state index in [9.17, 15) is 5.26 Å². The van der Waals surface area contributed by atoms with Crippen LogP contribution in [0.1, 0.15) is 286 Å². The molecule has 0 fully saturated rings. The lowest BCUT2D eigenvalue weighted by molar-refractivity contribution is 0.549. The molecule has 97 heavy (non-hydrogen) atoms. The van der Waals surface area contributed by atoms with Gasteiger partial charge in [0.1, 0.15) is 5.84 Å². The normalized spacial score (nSPS) is 13.9. The van der Waals surface area contributed by atoms with Gasteiger partial charge in [0, 0.05) is 38.6 Å². The molecule has 8 heteroatoms. The monoisotopic (exact) mass is 1290 g/mol. The van der Waals surface area contributed by atoms with Gasteiger partial charge in [-0.2, -0.15) is 5.26 Å². The molecular weight excluding hydrogens is 1180 g/mol. The predicted octanol–water partition coefficient (Wildman–Crippen LogP) is 23.2. The number of nitriles is 1. The van der Waals surface area contributed by atoms with Crippen LogP contribution in [0.25, 0.3) is 61.7 Å². The van der Waals surface area contributed by atoms with Crippen LogP contribution < -0.4 is 5.73 Å². The molecule has 0 bridgehead atoms. The van der Waals surface area contributed by atoms with Crippen LogP contribution in [-0.4, -0.2) is 31.2 Å². The van der Waals surface area contributed by atoms with Crippen molar-refractivity contribution in [2.24, 2.45) is 15.7 Å². The predicted molar refractivity (Wildman–Crippen MR) is 416 cm³/mol. The second-order valence-electron chi connectivity index (χ2n) is 38.0. The van der Waals surface area contributed by atoms with E-state index in [-0.39, 0.29) is 60.7 Å². The van der Waals surface area contributed by atoms with Gasteiger partial charge in [0.15, 0.2) is 23.3 Å². The molecule has 0 spiro atoms. The molecule has 0 atom stereocenters. The van der Waals surface area contributed by atoms with Crippen LogP contribution in [0.15, 0.2) is 131 Å². The van der Waals surface area contributed by atoms with Crippen LogP contribution in [0, 0.1) is 11.3 Å². The third kappa shape index (κ3) is 15.6. The van der Waals surface area contributed by atoms with Crippen LogP contribution in [0.2, 0.25) is 0 Å². The third-order valence-electron chi connectivity index (χ3n) is 19.2. The van der Waals surface area contributed by atoms with Crippen LogP contribution in [0.4, 0.5) is 0 Å². The van der Waals surface area contributed by atoms with E-state index in [0.29, 0.717) is 34.7 Å². The summed E-state index contributed by atoms with van der Waals surface area (Å²) in [6, 6.07) is 46.9. The van der Waals surface area contributed by atoms with E-state index in [1.54, 1.807) is 0 Å². The van der Waals surface area contributed by atoms with Crippen molar-refractivity contribution in [3.63, 3.8) is 0 Å². The van der Waals surface area contributed by atoms with E-state index in [0.717, 1.165) is 60.9 Å². The Labute approximate surface area is 584 Å². The molecule has 2 aromatic heterocycles. The quantitative estimate of drug-likeness (QED) is 0.120. The second-order valence-corrected chi connectivity index (χ2v) is 38.0. The number of hydrogen-bond acceptors (Lipinski definition) is 5. The van der Waals surface area contributed by atoms with Crippen LogP contribution in [-0.2, 0) is 60.7 Å². The van der Waals surface area contributed by atoms with Gasteiger partial charge in [0.05, 0.1) is 34.9 Å². The topological polar surface area (TPSA) is 118 Å². The van der Waals surface area contributed by atoms with Gasteiger partial charge in [-0.1, -0.05) is 262 Å². The number of aromatic nitrogens is 4. The van der Waals surface area contributed by atoms with E-state index in [1.165, 1.54) is 55.6 Å². The third-order valence-corrected chi connectivity index (χ3v) is 19.2. The smallest absolute Gasteiger partial charge is 0.164 e. The number of nitrogens with zero attached hydrogens (tertiary/aromatic N) is 7. The summed E-state index contributed by atoms with van der Waals surface area (Å²) in [6.07, 6.45) is 0. The fourth-order valence-electron chi connectivity index (χ4n) is 12.9. The molecule has 7 aromatic carbocycles. The summed E-state index contributed by atoms with van der Waals surface area (Å²) in [4.78, 5) is 28.3.